The Hall–Kier alpha value is 0.0700. The SMILES string of the molecule is CC1CCC(CNC(=O)C2CSCN2)CC1.Cl. The van der Waals surface area contributed by atoms with E-state index in [0.717, 1.165) is 24.1 Å². The normalized spacial score (nSPS) is 32.9. The third-order valence-electron chi connectivity index (χ3n) is 3.73. The van der Waals surface area contributed by atoms with E-state index in [1.807, 2.05) is 0 Å². The fraction of sp³-hybridized carbons (Fsp3) is 0.917. The molecule has 1 saturated carbocycles. The number of thioether (sulfide) groups is 1. The van der Waals surface area contributed by atoms with E-state index in [4.69, 9.17) is 0 Å². The van der Waals surface area contributed by atoms with Crippen LogP contribution >= 0.6 is 24.2 Å². The summed E-state index contributed by atoms with van der Waals surface area (Å²) in [6.07, 6.45) is 5.23. The maximum absolute atomic E-state index is 11.8. The van der Waals surface area contributed by atoms with E-state index in [9.17, 15) is 4.79 Å². The Morgan fingerprint density at radius 2 is 2.06 bits per heavy atom. The summed E-state index contributed by atoms with van der Waals surface area (Å²) in [5.41, 5.74) is 0. The summed E-state index contributed by atoms with van der Waals surface area (Å²) >= 11 is 1.80. The Bertz CT molecular complexity index is 239. The predicted octanol–water partition coefficient (Wildman–Crippen LogP) is 2.01. The molecule has 0 aromatic carbocycles. The van der Waals surface area contributed by atoms with Crippen molar-refractivity contribution in [3.05, 3.63) is 0 Å². The van der Waals surface area contributed by atoms with E-state index in [-0.39, 0.29) is 24.4 Å². The molecule has 1 atom stereocenters. The second kappa shape index (κ2) is 7.49. The van der Waals surface area contributed by atoms with Crippen LogP contribution in [0.1, 0.15) is 32.6 Å². The minimum atomic E-state index is 0. The number of halogens is 1. The number of nitrogens with one attached hydrogen (secondary N) is 2. The maximum Gasteiger partial charge on any atom is 0.238 e. The highest BCUT2D eigenvalue weighted by atomic mass is 35.5. The molecule has 1 unspecified atom stereocenters. The first kappa shape index (κ1) is 15.1. The zero-order chi connectivity index (χ0) is 11.4. The highest BCUT2D eigenvalue weighted by molar-refractivity contribution is 7.99. The lowest BCUT2D eigenvalue weighted by atomic mass is 9.83. The fourth-order valence-corrected chi connectivity index (χ4v) is 3.41. The molecule has 0 spiro atoms. The summed E-state index contributed by atoms with van der Waals surface area (Å²) in [6, 6.07) is 0.0486. The molecule has 2 N–H and O–H groups in total. The minimum Gasteiger partial charge on any atom is -0.354 e. The van der Waals surface area contributed by atoms with Crippen LogP contribution in [0.25, 0.3) is 0 Å². The van der Waals surface area contributed by atoms with Gasteiger partial charge in [0, 0.05) is 18.2 Å². The molecule has 1 amide bonds. The summed E-state index contributed by atoms with van der Waals surface area (Å²) < 4.78 is 0. The van der Waals surface area contributed by atoms with Gasteiger partial charge in [-0.1, -0.05) is 19.8 Å². The van der Waals surface area contributed by atoms with E-state index in [1.54, 1.807) is 11.8 Å². The lowest BCUT2D eigenvalue weighted by Crippen LogP contribution is -2.43. The molecule has 100 valence electrons. The quantitative estimate of drug-likeness (QED) is 0.830. The highest BCUT2D eigenvalue weighted by Crippen LogP contribution is 2.27. The monoisotopic (exact) mass is 278 g/mol. The first-order valence-corrected chi connectivity index (χ1v) is 7.50. The molecule has 0 radical (unpaired) electrons. The van der Waals surface area contributed by atoms with E-state index >= 15 is 0 Å². The Labute approximate surface area is 114 Å². The molecular formula is C12H23ClN2OS. The van der Waals surface area contributed by atoms with Gasteiger partial charge in [0.15, 0.2) is 0 Å². The first-order valence-electron chi connectivity index (χ1n) is 6.34. The van der Waals surface area contributed by atoms with Gasteiger partial charge in [0.05, 0.1) is 6.04 Å². The lowest BCUT2D eigenvalue weighted by Gasteiger charge is -2.26. The van der Waals surface area contributed by atoms with Gasteiger partial charge in [-0.15, -0.1) is 24.2 Å². The Morgan fingerprint density at radius 1 is 1.35 bits per heavy atom. The van der Waals surface area contributed by atoms with Gasteiger partial charge in [-0.25, -0.2) is 0 Å². The summed E-state index contributed by atoms with van der Waals surface area (Å²) in [4.78, 5) is 11.8. The largest absolute Gasteiger partial charge is 0.354 e. The van der Waals surface area contributed by atoms with Gasteiger partial charge in [0.1, 0.15) is 0 Å². The molecule has 2 aliphatic rings. The van der Waals surface area contributed by atoms with Crippen LogP contribution in [-0.4, -0.2) is 30.1 Å². The van der Waals surface area contributed by atoms with Crippen LogP contribution in [0.5, 0.6) is 0 Å². The van der Waals surface area contributed by atoms with Crippen LogP contribution in [0.3, 0.4) is 0 Å². The molecule has 1 aliphatic heterocycles. The molecule has 0 bridgehead atoms. The molecule has 1 aliphatic carbocycles. The maximum atomic E-state index is 11.8. The summed E-state index contributed by atoms with van der Waals surface area (Å²) in [5, 5.41) is 6.30. The minimum absolute atomic E-state index is 0. The number of amides is 1. The van der Waals surface area contributed by atoms with Crippen molar-refractivity contribution >= 4 is 30.1 Å². The highest BCUT2D eigenvalue weighted by Gasteiger charge is 2.24. The van der Waals surface area contributed by atoms with Crippen LogP contribution in [0.4, 0.5) is 0 Å². The number of hydrogen-bond acceptors (Lipinski definition) is 3. The van der Waals surface area contributed by atoms with Gasteiger partial charge in [-0.3, -0.25) is 10.1 Å². The molecular weight excluding hydrogens is 256 g/mol. The molecule has 0 aromatic heterocycles. The predicted molar refractivity (Wildman–Crippen MR) is 75.6 cm³/mol. The molecule has 3 nitrogen and oxygen atoms in total. The van der Waals surface area contributed by atoms with Crippen molar-refractivity contribution in [1.29, 1.82) is 0 Å². The molecule has 17 heavy (non-hydrogen) atoms. The molecule has 2 fully saturated rings. The summed E-state index contributed by atoms with van der Waals surface area (Å²) in [7, 11) is 0. The van der Waals surface area contributed by atoms with Crippen molar-refractivity contribution in [3.8, 4) is 0 Å². The second-order valence-electron chi connectivity index (χ2n) is 5.14. The average Bonchev–Trinajstić information content (AvgIpc) is 2.81. The Kier molecular flexibility index (Phi) is 6.67. The lowest BCUT2D eigenvalue weighted by molar-refractivity contribution is -0.122. The first-order chi connectivity index (χ1) is 7.75. The fourth-order valence-electron chi connectivity index (χ4n) is 2.46. The zero-order valence-corrected chi connectivity index (χ0v) is 12.0. The number of rotatable bonds is 3. The molecule has 1 heterocycles. The molecule has 1 saturated heterocycles. The van der Waals surface area contributed by atoms with Crippen molar-refractivity contribution in [2.24, 2.45) is 11.8 Å². The Morgan fingerprint density at radius 3 is 2.65 bits per heavy atom. The van der Waals surface area contributed by atoms with Crippen molar-refractivity contribution < 1.29 is 4.79 Å². The van der Waals surface area contributed by atoms with Crippen molar-refractivity contribution in [2.75, 3.05) is 18.2 Å². The van der Waals surface area contributed by atoms with Gasteiger partial charge in [0.25, 0.3) is 0 Å². The van der Waals surface area contributed by atoms with Gasteiger partial charge in [-0.05, 0) is 24.7 Å². The van der Waals surface area contributed by atoms with Crippen LogP contribution in [-0.2, 0) is 4.79 Å². The van der Waals surface area contributed by atoms with Crippen LogP contribution in [0.15, 0.2) is 0 Å². The van der Waals surface area contributed by atoms with Gasteiger partial charge >= 0.3 is 0 Å². The van der Waals surface area contributed by atoms with Gasteiger partial charge in [-0.2, -0.15) is 0 Å². The van der Waals surface area contributed by atoms with Crippen LogP contribution in [0.2, 0.25) is 0 Å². The third-order valence-corrected chi connectivity index (χ3v) is 4.67. The van der Waals surface area contributed by atoms with Crippen molar-refractivity contribution in [1.82, 2.24) is 10.6 Å². The molecule has 2 rings (SSSR count). The number of hydrogen-bond donors (Lipinski definition) is 2. The Balaban J connectivity index is 0.00000144. The van der Waals surface area contributed by atoms with E-state index in [0.29, 0.717) is 5.92 Å². The van der Waals surface area contributed by atoms with E-state index in [2.05, 4.69) is 17.6 Å². The zero-order valence-electron chi connectivity index (χ0n) is 10.4. The third kappa shape index (κ3) is 4.68. The van der Waals surface area contributed by atoms with Gasteiger partial charge < -0.3 is 5.32 Å². The summed E-state index contributed by atoms with van der Waals surface area (Å²) in [5.74, 6) is 3.64. The smallest absolute Gasteiger partial charge is 0.238 e. The van der Waals surface area contributed by atoms with Crippen molar-refractivity contribution in [3.63, 3.8) is 0 Å². The van der Waals surface area contributed by atoms with Crippen molar-refractivity contribution in [2.45, 2.75) is 38.6 Å². The molecule has 0 aromatic rings. The number of carbonyl (C=O) groups is 1. The number of carbonyl (C=O) groups excluding carboxylic acids is 1. The van der Waals surface area contributed by atoms with Crippen LogP contribution in [0, 0.1) is 11.8 Å². The standard InChI is InChI=1S/C12H22N2OS.ClH/c1-9-2-4-10(5-3-9)6-13-12(15)11-7-16-8-14-11;/h9-11,14H,2-8H2,1H3,(H,13,15);1H. The van der Waals surface area contributed by atoms with E-state index < -0.39 is 0 Å². The van der Waals surface area contributed by atoms with Gasteiger partial charge in [0.2, 0.25) is 5.91 Å². The topological polar surface area (TPSA) is 41.1 Å². The second-order valence-corrected chi connectivity index (χ2v) is 6.17. The molecule has 5 heteroatoms. The van der Waals surface area contributed by atoms with Crippen LogP contribution < -0.4 is 10.6 Å². The van der Waals surface area contributed by atoms with E-state index in [1.165, 1.54) is 25.7 Å². The average molecular weight is 279 g/mol. The summed E-state index contributed by atoms with van der Waals surface area (Å²) in [6.45, 7) is 3.21.